The van der Waals surface area contributed by atoms with Gasteiger partial charge in [-0.25, -0.2) is 8.78 Å². The number of benzene rings is 1. The second kappa shape index (κ2) is 4.94. The zero-order valence-electron chi connectivity index (χ0n) is 8.44. The number of hydrogen-bond acceptors (Lipinski definition) is 1. The third kappa shape index (κ3) is 2.22. The van der Waals surface area contributed by atoms with Crippen LogP contribution in [-0.2, 0) is 6.42 Å². The highest BCUT2D eigenvalue weighted by atomic mass is 19.1. The molecule has 0 spiro atoms. The lowest BCUT2D eigenvalue weighted by molar-refractivity contribution is 0.282. The number of hydrogen-bond donors (Lipinski definition) is 0. The summed E-state index contributed by atoms with van der Waals surface area (Å²) in [4.78, 5) is 0. The Bertz CT molecular complexity index is 310. The van der Waals surface area contributed by atoms with E-state index in [1.165, 1.54) is 6.07 Å². The molecule has 1 nitrogen and oxygen atoms in total. The summed E-state index contributed by atoms with van der Waals surface area (Å²) >= 11 is 0. The van der Waals surface area contributed by atoms with Gasteiger partial charge in [0.1, 0.15) is 17.4 Å². The first-order valence-electron chi connectivity index (χ1n) is 4.88. The molecule has 0 fully saturated rings. The van der Waals surface area contributed by atoms with Crippen molar-refractivity contribution in [3.63, 3.8) is 0 Å². The predicted octanol–water partition coefficient (Wildman–Crippen LogP) is 3.32. The fraction of sp³-hybridized carbons (Fsp3) is 0.455. The summed E-state index contributed by atoms with van der Waals surface area (Å²) in [6.07, 6.45) is 1.44. The molecule has 78 valence electrons. The maximum absolute atomic E-state index is 13.0. The van der Waals surface area contributed by atoms with Crippen LogP contribution in [0.1, 0.15) is 25.8 Å². The van der Waals surface area contributed by atoms with E-state index in [0.29, 0.717) is 24.3 Å². The standard InChI is InChI=1S/C9H8F2O.C2H6/c10-6-4-8(11)7-2-1-3-12-9(7)5-6;1-2/h4-5H,1-3H2;1-2H3. The molecule has 1 heterocycles. The van der Waals surface area contributed by atoms with E-state index in [1.807, 2.05) is 13.8 Å². The Morgan fingerprint density at radius 1 is 1.21 bits per heavy atom. The monoisotopic (exact) mass is 200 g/mol. The molecule has 0 N–H and O–H groups in total. The van der Waals surface area contributed by atoms with Crippen molar-refractivity contribution in [2.24, 2.45) is 0 Å². The molecular formula is C11H14F2O. The fourth-order valence-electron chi connectivity index (χ4n) is 1.38. The quantitative estimate of drug-likeness (QED) is 0.624. The average Bonchev–Trinajstić information content (AvgIpc) is 2.20. The van der Waals surface area contributed by atoms with Gasteiger partial charge in [-0.15, -0.1) is 0 Å². The molecule has 0 aromatic heterocycles. The lowest BCUT2D eigenvalue weighted by Gasteiger charge is -2.17. The van der Waals surface area contributed by atoms with Gasteiger partial charge in [-0.2, -0.15) is 0 Å². The lowest BCUT2D eigenvalue weighted by atomic mass is 10.1. The number of halogens is 2. The number of rotatable bonds is 0. The van der Waals surface area contributed by atoms with Gasteiger partial charge >= 0.3 is 0 Å². The Labute approximate surface area is 82.7 Å². The van der Waals surface area contributed by atoms with Gasteiger partial charge in [0.2, 0.25) is 0 Å². The van der Waals surface area contributed by atoms with Gasteiger partial charge in [0.15, 0.2) is 0 Å². The third-order valence-corrected chi connectivity index (χ3v) is 1.95. The molecule has 1 aromatic carbocycles. The first kappa shape index (κ1) is 11.0. The molecular weight excluding hydrogens is 186 g/mol. The molecule has 0 bridgehead atoms. The van der Waals surface area contributed by atoms with Gasteiger partial charge < -0.3 is 4.74 Å². The van der Waals surface area contributed by atoms with E-state index in [-0.39, 0.29) is 0 Å². The molecule has 3 heteroatoms. The van der Waals surface area contributed by atoms with E-state index >= 15 is 0 Å². The molecule has 1 aliphatic heterocycles. The summed E-state index contributed by atoms with van der Waals surface area (Å²) in [6, 6.07) is 2.13. The summed E-state index contributed by atoms with van der Waals surface area (Å²) in [5, 5.41) is 0. The zero-order valence-corrected chi connectivity index (χ0v) is 8.44. The first-order chi connectivity index (χ1) is 6.77. The van der Waals surface area contributed by atoms with Crippen LogP contribution in [-0.4, -0.2) is 6.61 Å². The second-order valence-corrected chi connectivity index (χ2v) is 2.82. The van der Waals surface area contributed by atoms with Crippen LogP contribution in [0, 0.1) is 11.6 Å². The van der Waals surface area contributed by atoms with Crippen LogP contribution in [0.4, 0.5) is 8.78 Å². The summed E-state index contributed by atoms with van der Waals surface area (Å²) < 4.78 is 30.8. The van der Waals surface area contributed by atoms with Gasteiger partial charge in [-0.1, -0.05) is 13.8 Å². The van der Waals surface area contributed by atoms with Crippen LogP contribution in [0.5, 0.6) is 5.75 Å². The molecule has 0 atom stereocenters. The van der Waals surface area contributed by atoms with Crippen molar-refractivity contribution in [1.82, 2.24) is 0 Å². The van der Waals surface area contributed by atoms with E-state index in [1.54, 1.807) is 0 Å². The Morgan fingerprint density at radius 2 is 1.93 bits per heavy atom. The summed E-state index contributed by atoms with van der Waals surface area (Å²) in [5.74, 6) is -0.711. The number of fused-ring (bicyclic) bond motifs is 1. The normalized spacial score (nSPS) is 13.4. The topological polar surface area (TPSA) is 9.23 Å². The smallest absolute Gasteiger partial charge is 0.133 e. The minimum atomic E-state index is -0.576. The molecule has 14 heavy (non-hydrogen) atoms. The largest absolute Gasteiger partial charge is 0.493 e. The van der Waals surface area contributed by atoms with Crippen molar-refractivity contribution < 1.29 is 13.5 Å². The van der Waals surface area contributed by atoms with E-state index < -0.39 is 11.6 Å². The van der Waals surface area contributed by atoms with Crippen LogP contribution in [0.15, 0.2) is 12.1 Å². The van der Waals surface area contributed by atoms with Gasteiger partial charge in [0, 0.05) is 17.7 Å². The van der Waals surface area contributed by atoms with Crippen LogP contribution in [0.2, 0.25) is 0 Å². The van der Waals surface area contributed by atoms with E-state index in [4.69, 9.17) is 4.74 Å². The average molecular weight is 200 g/mol. The van der Waals surface area contributed by atoms with Crippen molar-refractivity contribution in [3.05, 3.63) is 29.3 Å². The van der Waals surface area contributed by atoms with E-state index in [0.717, 1.165) is 12.5 Å². The highest BCUT2D eigenvalue weighted by Gasteiger charge is 2.15. The Kier molecular flexibility index (Phi) is 3.86. The molecule has 1 aliphatic rings. The molecule has 0 saturated heterocycles. The summed E-state index contributed by atoms with van der Waals surface area (Å²) in [5.41, 5.74) is 0.502. The minimum Gasteiger partial charge on any atom is -0.493 e. The second-order valence-electron chi connectivity index (χ2n) is 2.82. The Hall–Kier alpha value is -1.12. The van der Waals surface area contributed by atoms with Gasteiger partial charge in [-0.05, 0) is 12.8 Å². The molecule has 0 saturated carbocycles. The molecule has 1 aromatic rings. The highest BCUT2D eigenvalue weighted by Crippen LogP contribution is 2.27. The summed E-state index contributed by atoms with van der Waals surface area (Å²) in [6.45, 7) is 4.55. The van der Waals surface area contributed by atoms with Crippen molar-refractivity contribution >= 4 is 0 Å². The highest BCUT2D eigenvalue weighted by molar-refractivity contribution is 5.36. The van der Waals surface area contributed by atoms with E-state index in [2.05, 4.69) is 0 Å². The van der Waals surface area contributed by atoms with Crippen molar-refractivity contribution in [2.45, 2.75) is 26.7 Å². The van der Waals surface area contributed by atoms with E-state index in [9.17, 15) is 8.78 Å². The van der Waals surface area contributed by atoms with Crippen molar-refractivity contribution in [2.75, 3.05) is 6.61 Å². The molecule has 0 amide bonds. The zero-order chi connectivity index (χ0) is 10.6. The Morgan fingerprint density at radius 3 is 2.64 bits per heavy atom. The van der Waals surface area contributed by atoms with Gasteiger partial charge in [0.05, 0.1) is 6.61 Å². The minimum absolute atomic E-state index is 0.360. The van der Waals surface area contributed by atoms with Crippen LogP contribution in [0.25, 0.3) is 0 Å². The molecule has 2 rings (SSSR count). The first-order valence-corrected chi connectivity index (χ1v) is 4.88. The van der Waals surface area contributed by atoms with Crippen LogP contribution in [0.3, 0.4) is 0 Å². The Balaban J connectivity index is 0.000000461. The van der Waals surface area contributed by atoms with Crippen molar-refractivity contribution in [3.8, 4) is 5.75 Å². The lowest BCUT2D eigenvalue weighted by Crippen LogP contribution is -2.10. The third-order valence-electron chi connectivity index (χ3n) is 1.95. The predicted molar refractivity (Wildman–Crippen MR) is 51.5 cm³/mol. The van der Waals surface area contributed by atoms with Gasteiger partial charge in [-0.3, -0.25) is 0 Å². The molecule has 0 radical (unpaired) electrons. The van der Waals surface area contributed by atoms with Crippen LogP contribution >= 0.6 is 0 Å². The fourth-order valence-corrected chi connectivity index (χ4v) is 1.38. The maximum Gasteiger partial charge on any atom is 0.133 e. The SMILES string of the molecule is CC.Fc1cc(F)c2c(c1)OCCC2. The van der Waals surface area contributed by atoms with Crippen LogP contribution < -0.4 is 4.74 Å². The van der Waals surface area contributed by atoms with Gasteiger partial charge in [0.25, 0.3) is 0 Å². The molecule has 0 aliphatic carbocycles. The summed E-state index contributed by atoms with van der Waals surface area (Å²) in [7, 11) is 0. The number of ether oxygens (including phenoxy) is 1. The maximum atomic E-state index is 13.0. The van der Waals surface area contributed by atoms with Crippen molar-refractivity contribution in [1.29, 1.82) is 0 Å². The molecule has 0 unspecified atom stereocenters.